The molecule has 6 nitrogen and oxygen atoms in total. The fourth-order valence-corrected chi connectivity index (χ4v) is 4.71. The molecule has 1 aliphatic rings. The van der Waals surface area contributed by atoms with Gasteiger partial charge in [-0.1, -0.05) is 41.7 Å². The highest BCUT2D eigenvalue weighted by Gasteiger charge is 2.38. The normalized spacial score (nSPS) is 15.7. The van der Waals surface area contributed by atoms with Crippen molar-refractivity contribution in [2.45, 2.75) is 45.8 Å². The van der Waals surface area contributed by atoms with Gasteiger partial charge in [-0.2, -0.15) is 0 Å². The van der Waals surface area contributed by atoms with Gasteiger partial charge in [-0.25, -0.2) is 4.98 Å². The molecule has 0 saturated carbocycles. The van der Waals surface area contributed by atoms with Crippen molar-refractivity contribution in [3.63, 3.8) is 0 Å². The molecule has 0 bridgehead atoms. The van der Waals surface area contributed by atoms with E-state index in [9.17, 15) is 4.79 Å². The first-order valence-corrected chi connectivity index (χ1v) is 10.2. The van der Waals surface area contributed by atoms with Crippen molar-refractivity contribution in [2.75, 3.05) is 4.90 Å². The zero-order chi connectivity index (χ0) is 19.7. The number of aryl methyl sites for hydroxylation is 1. The lowest BCUT2D eigenvalue weighted by Crippen LogP contribution is -2.48. The third-order valence-corrected chi connectivity index (χ3v) is 5.95. The van der Waals surface area contributed by atoms with Crippen LogP contribution in [0.5, 0.6) is 0 Å². The van der Waals surface area contributed by atoms with Gasteiger partial charge in [-0.05, 0) is 20.8 Å². The van der Waals surface area contributed by atoms with E-state index in [0.29, 0.717) is 13.0 Å². The maximum absolute atomic E-state index is 12.9. The highest BCUT2D eigenvalue weighted by atomic mass is 32.1. The van der Waals surface area contributed by atoms with E-state index in [1.54, 1.807) is 23.7 Å². The van der Waals surface area contributed by atoms with E-state index in [2.05, 4.69) is 46.2 Å². The minimum Gasteiger partial charge on any atom is -0.349 e. The predicted molar refractivity (Wildman–Crippen MR) is 111 cm³/mol. The minimum atomic E-state index is -0.239. The van der Waals surface area contributed by atoms with Crippen molar-refractivity contribution in [1.29, 1.82) is 0 Å². The molecule has 1 unspecified atom stereocenters. The summed E-state index contributed by atoms with van der Waals surface area (Å²) in [6, 6.07) is 10.2. The molecule has 1 atom stereocenters. The molecule has 144 valence electrons. The molecule has 1 aromatic carbocycles. The molecule has 7 heteroatoms. The topological polar surface area (TPSA) is 71.0 Å². The lowest BCUT2D eigenvalue weighted by molar-refractivity contribution is -0.122. The lowest BCUT2D eigenvalue weighted by atomic mass is 10.1. The molecule has 1 aliphatic heterocycles. The summed E-state index contributed by atoms with van der Waals surface area (Å²) < 4.78 is 0. The van der Waals surface area contributed by atoms with Gasteiger partial charge in [-0.3, -0.25) is 14.8 Å². The van der Waals surface area contributed by atoms with Gasteiger partial charge in [0.2, 0.25) is 5.91 Å². The van der Waals surface area contributed by atoms with Gasteiger partial charge in [0.05, 0.1) is 29.8 Å². The van der Waals surface area contributed by atoms with Gasteiger partial charge in [0.15, 0.2) is 0 Å². The number of rotatable bonds is 5. The summed E-state index contributed by atoms with van der Waals surface area (Å²) in [6.45, 7) is 6.50. The molecular formula is C21H23N5OS. The first-order valence-electron chi connectivity index (χ1n) is 9.41. The van der Waals surface area contributed by atoms with Crippen molar-refractivity contribution in [3.05, 3.63) is 59.8 Å². The highest BCUT2D eigenvalue weighted by Crippen LogP contribution is 2.42. The number of carbonyl (C=O) groups excluding carboxylic acids is 1. The standard InChI is InChI=1S/C21H23N5OS/c1-13(2)26-18(19(27)24-12-16-11-22-14(3)10-23-16)9-17-21(26)28-20(25-17)15-7-5-4-6-8-15/h4-8,10-11,13,18H,9,12H2,1-3H3,(H,24,27). The number of aromatic nitrogens is 3. The van der Waals surface area contributed by atoms with Crippen LogP contribution in [0.1, 0.15) is 30.9 Å². The van der Waals surface area contributed by atoms with Crippen molar-refractivity contribution in [3.8, 4) is 10.6 Å². The quantitative estimate of drug-likeness (QED) is 0.720. The van der Waals surface area contributed by atoms with E-state index >= 15 is 0 Å². The Morgan fingerprint density at radius 2 is 2.04 bits per heavy atom. The number of thiazole rings is 1. The van der Waals surface area contributed by atoms with Crippen LogP contribution in [0.2, 0.25) is 0 Å². The Kier molecular flexibility index (Phi) is 5.09. The van der Waals surface area contributed by atoms with E-state index in [-0.39, 0.29) is 18.0 Å². The molecule has 1 amide bonds. The third kappa shape index (κ3) is 3.62. The SMILES string of the molecule is Cc1cnc(CNC(=O)C2Cc3nc(-c4ccccc4)sc3N2C(C)C)cn1. The van der Waals surface area contributed by atoms with Crippen molar-refractivity contribution in [1.82, 2.24) is 20.3 Å². The molecule has 0 aliphatic carbocycles. The van der Waals surface area contributed by atoms with Crippen LogP contribution in [0.4, 0.5) is 5.00 Å². The second-order valence-electron chi connectivity index (χ2n) is 7.22. The number of fused-ring (bicyclic) bond motifs is 1. The number of carbonyl (C=O) groups is 1. The number of amides is 1. The van der Waals surface area contributed by atoms with Crippen molar-refractivity contribution < 1.29 is 4.79 Å². The van der Waals surface area contributed by atoms with Gasteiger partial charge >= 0.3 is 0 Å². The van der Waals surface area contributed by atoms with Crippen LogP contribution in [-0.2, 0) is 17.8 Å². The second kappa shape index (κ2) is 7.67. The third-order valence-electron chi connectivity index (χ3n) is 4.79. The lowest BCUT2D eigenvalue weighted by Gasteiger charge is -2.29. The first-order chi connectivity index (χ1) is 13.5. The van der Waals surface area contributed by atoms with E-state index < -0.39 is 0 Å². The summed E-state index contributed by atoms with van der Waals surface area (Å²) >= 11 is 1.66. The number of benzene rings is 1. The van der Waals surface area contributed by atoms with Crippen LogP contribution in [0, 0.1) is 6.92 Å². The fourth-order valence-electron chi connectivity index (χ4n) is 3.43. The Labute approximate surface area is 168 Å². The molecule has 28 heavy (non-hydrogen) atoms. The summed E-state index contributed by atoms with van der Waals surface area (Å²) in [5, 5.41) is 5.12. The van der Waals surface area contributed by atoms with Gasteiger partial charge in [-0.15, -0.1) is 0 Å². The van der Waals surface area contributed by atoms with E-state index in [4.69, 9.17) is 4.98 Å². The van der Waals surface area contributed by atoms with Gasteiger partial charge in [0.25, 0.3) is 0 Å². The Morgan fingerprint density at radius 1 is 1.25 bits per heavy atom. The summed E-state index contributed by atoms with van der Waals surface area (Å²) in [7, 11) is 0. The predicted octanol–water partition coefficient (Wildman–Crippen LogP) is 3.36. The Balaban J connectivity index is 1.50. The fraction of sp³-hybridized carbons (Fsp3) is 0.333. The van der Waals surface area contributed by atoms with Crippen LogP contribution >= 0.6 is 11.3 Å². The molecular weight excluding hydrogens is 370 g/mol. The zero-order valence-corrected chi connectivity index (χ0v) is 17.0. The molecule has 0 spiro atoms. The first kappa shape index (κ1) is 18.6. The molecule has 0 radical (unpaired) electrons. The van der Waals surface area contributed by atoms with Crippen LogP contribution in [0.15, 0.2) is 42.7 Å². The summed E-state index contributed by atoms with van der Waals surface area (Å²) in [5.74, 6) is 0.00235. The van der Waals surface area contributed by atoms with E-state index in [1.165, 1.54) is 0 Å². The average Bonchev–Trinajstić information content (AvgIpc) is 3.26. The van der Waals surface area contributed by atoms with Crippen LogP contribution in [0.3, 0.4) is 0 Å². The maximum Gasteiger partial charge on any atom is 0.243 e. The molecule has 0 fully saturated rings. The second-order valence-corrected chi connectivity index (χ2v) is 8.20. The molecule has 4 rings (SSSR count). The van der Waals surface area contributed by atoms with Crippen LogP contribution in [-0.4, -0.2) is 32.9 Å². The van der Waals surface area contributed by atoms with Crippen LogP contribution < -0.4 is 10.2 Å². The number of hydrogen-bond donors (Lipinski definition) is 1. The van der Waals surface area contributed by atoms with E-state index in [1.807, 2.05) is 25.1 Å². The Bertz CT molecular complexity index is 968. The number of anilines is 1. The molecule has 2 aromatic heterocycles. The Hall–Kier alpha value is -2.80. The van der Waals surface area contributed by atoms with Gasteiger partial charge in [0, 0.05) is 24.2 Å². The monoisotopic (exact) mass is 393 g/mol. The van der Waals surface area contributed by atoms with Crippen molar-refractivity contribution in [2.24, 2.45) is 0 Å². The number of hydrogen-bond acceptors (Lipinski definition) is 6. The summed E-state index contributed by atoms with van der Waals surface area (Å²) in [4.78, 5) is 28.4. The van der Waals surface area contributed by atoms with E-state index in [0.717, 1.165) is 32.7 Å². The summed E-state index contributed by atoms with van der Waals surface area (Å²) in [6.07, 6.45) is 4.04. The number of nitrogens with zero attached hydrogens (tertiary/aromatic N) is 4. The van der Waals surface area contributed by atoms with Crippen molar-refractivity contribution >= 4 is 22.2 Å². The van der Waals surface area contributed by atoms with Crippen LogP contribution in [0.25, 0.3) is 10.6 Å². The zero-order valence-electron chi connectivity index (χ0n) is 16.2. The largest absolute Gasteiger partial charge is 0.349 e. The molecule has 3 aromatic rings. The molecule has 3 heterocycles. The maximum atomic E-state index is 12.9. The molecule has 0 saturated heterocycles. The Morgan fingerprint density at radius 3 is 2.71 bits per heavy atom. The summed E-state index contributed by atoms with van der Waals surface area (Å²) in [5.41, 5.74) is 3.74. The molecule has 1 N–H and O–H groups in total. The number of nitrogens with one attached hydrogen (secondary N) is 1. The average molecular weight is 394 g/mol. The van der Waals surface area contributed by atoms with Gasteiger partial charge < -0.3 is 10.2 Å². The van der Waals surface area contributed by atoms with Gasteiger partial charge in [0.1, 0.15) is 16.1 Å². The minimum absolute atomic E-state index is 0.00235. The smallest absolute Gasteiger partial charge is 0.243 e. The highest BCUT2D eigenvalue weighted by molar-refractivity contribution is 7.19.